The molecule has 10 heavy (non-hydrogen) atoms. The summed E-state index contributed by atoms with van der Waals surface area (Å²) in [5.74, 6) is -0.428. The van der Waals surface area contributed by atoms with E-state index in [1.165, 1.54) is 0 Å². The number of nitriles is 1. The quantitative estimate of drug-likeness (QED) is 0.442. The second kappa shape index (κ2) is 2.14. The Kier molecular flexibility index (Phi) is 1.33. The molecule has 0 spiro atoms. The molecule has 1 aromatic heterocycles. The van der Waals surface area contributed by atoms with Gasteiger partial charge < -0.3 is 15.1 Å². The lowest BCUT2D eigenvalue weighted by Gasteiger charge is -1.84. The highest BCUT2D eigenvalue weighted by Gasteiger charge is 2.15. The lowest BCUT2D eigenvalue weighted by atomic mass is 10.5. The summed E-state index contributed by atoms with van der Waals surface area (Å²) < 4.78 is 0. The fourth-order valence-corrected chi connectivity index (χ4v) is 0.508. The van der Waals surface area contributed by atoms with Gasteiger partial charge in [-0.05, 0) is 9.91 Å². The van der Waals surface area contributed by atoms with Gasteiger partial charge in [0.05, 0.1) is 0 Å². The lowest BCUT2D eigenvalue weighted by molar-refractivity contribution is -0.389. The Morgan fingerprint density at radius 1 is 1.90 bits per heavy atom. The Hall–Kier alpha value is -1.90. The molecule has 6 nitrogen and oxygen atoms in total. The Morgan fingerprint density at radius 2 is 2.60 bits per heavy atom. The normalized spacial score (nSPS) is 8.70. The zero-order chi connectivity index (χ0) is 7.56. The van der Waals surface area contributed by atoms with Crippen LogP contribution in [0.1, 0.15) is 5.69 Å². The molecule has 0 amide bonds. The average Bonchev–Trinajstić information content (AvgIpc) is 2.33. The van der Waals surface area contributed by atoms with Crippen LogP contribution >= 0.6 is 0 Å². The minimum Gasteiger partial charge on any atom is -0.358 e. The minimum absolute atomic E-state index is 0.120. The second-order valence-corrected chi connectivity index (χ2v) is 1.47. The largest absolute Gasteiger partial charge is 0.400 e. The monoisotopic (exact) mass is 138 g/mol. The van der Waals surface area contributed by atoms with Crippen LogP contribution in [0.2, 0.25) is 0 Å². The molecule has 1 heterocycles. The van der Waals surface area contributed by atoms with Crippen LogP contribution in [0, 0.1) is 21.4 Å². The van der Waals surface area contributed by atoms with Crippen molar-refractivity contribution in [3.63, 3.8) is 0 Å². The van der Waals surface area contributed by atoms with Gasteiger partial charge in [-0.1, -0.05) is 0 Å². The van der Waals surface area contributed by atoms with Gasteiger partial charge in [-0.2, -0.15) is 5.26 Å². The molecule has 0 fully saturated rings. The van der Waals surface area contributed by atoms with E-state index in [0.29, 0.717) is 0 Å². The molecule has 0 aliphatic carbocycles. The summed E-state index contributed by atoms with van der Waals surface area (Å²) in [6.07, 6.45) is 1.11. The molecule has 1 aromatic rings. The Balaban J connectivity index is 3.17. The van der Waals surface area contributed by atoms with E-state index < -0.39 is 10.7 Å². The second-order valence-electron chi connectivity index (χ2n) is 1.47. The fraction of sp³-hybridized carbons (Fsp3) is 0. The molecule has 0 aliphatic heterocycles. The van der Waals surface area contributed by atoms with Gasteiger partial charge in [0.2, 0.25) is 12.0 Å². The van der Waals surface area contributed by atoms with E-state index in [0.717, 1.165) is 6.33 Å². The molecular weight excluding hydrogens is 136 g/mol. The summed E-state index contributed by atoms with van der Waals surface area (Å²) in [4.78, 5) is 14.9. The van der Waals surface area contributed by atoms with E-state index in [9.17, 15) is 10.1 Å². The van der Waals surface area contributed by atoms with Gasteiger partial charge in [0.1, 0.15) is 6.07 Å². The molecule has 0 aliphatic rings. The van der Waals surface area contributed by atoms with Crippen molar-refractivity contribution in [1.29, 1.82) is 5.26 Å². The van der Waals surface area contributed by atoms with Crippen LogP contribution in [-0.2, 0) is 0 Å². The summed E-state index contributed by atoms with van der Waals surface area (Å²) in [5, 5.41) is 18.2. The van der Waals surface area contributed by atoms with Crippen LogP contribution in [0.4, 0.5) is 5.82 Å². The van der Waals surface area contributed by atoms with Crippen LogP contribution in [-0.4, -0.2) is 14.9 Å². The van der Waals surface area contributed by atoms with Crippen LogP contribution in [0.3, 0.4) is 0 Å². The number of nitro groups is 1. The number of hydrogen-bond donors (Lipinski definition) is 1. The third-order valence-electron chi connectivity index (χ3n) is 0.904. The molecule has 6 heteroatoms. The smallest absolute Gasteiger partial charge is 0.358 e. The summed E-state index contributed by atoms with van der Waals surface area (Å²) in [5.41, 5.74) is -0.120. The maximum Gasteiger partial charge on any atom is 0.400 e. The number of nitrogens with one attached hydrogen (secondary N) is 1. The molecule has 0 radical (unpaired) electrons. The van der Waals surface area contributed by atoms with Gasteiger partial charge in [0.15, 0.2) is 0 Å². The fourth-order valence-electron chi connectivity index (χ4n) is 0.508. The van der Waals surface area contributed by atoms with Gasteiger partial charge in [-0.15, -0.1) is 0 Å². The maximum atomic E-state index is 10.0. The van der Waals surface area contributed by atoms with Crippen LogP contribution in [0.5, 0.6) is 0 Å². The van der Waals surface area contributed by atoms with Crippen LogP contribution in [0.15, 0.2) is 6.33 Å². The van der Waals surface area contributed by atoms with Crippen molar-refractivity contribution in [3.8, 4) is 6.07 Å². The van der Waals surface area contributed by atoms with E-state index in [2.05, 4.69) is 9.97 Å². The van der Waals surface area contributed by atoms with Crippen molar-refractivity contribution < 1.29 is 4.92 Å². The Morgan fingerprint density at radius 3 is 3.00 bits per heavy atom. The summed E-state index contributed by atoms with van der Waals surface area (Å²) in [6, 6.07) is 1.60. The van der Waals surface area contributed by atoms with Crippen LogP contribution < -0.4 is 0 Å². The zero-order valence-electron chi connectivity index (χ0n) is 4.74. The van der Waals surface area contributed by atoms with Crippen molar-refractivity contribution in [1.82, 2.24) is 9.97 Å². The van der Waals surface area contributed by atoms with Crippen LogP contribution in [0.25, 0.3) is 0 Å². The Bertz CT molecular complexity index is 296. The number of H-pyrrole nitrogens is 1. The van der Waals surface area contributed by atoms with E-state index in [-0.39, 0.29) is 5.69 Å². The number of hydrogen-bond acceptors (Lipinski definition) is 4. The molecule has 0 saturated carbocycles. The summed E-state index contributed by atoms with van der Waals surface area (Å²) >= 11 is 0. The molecular formula is C4H2N4O2. The van der Waals surface area contributed by atoms with Crippen molar-refractivity contribution in [3.05, 3.63) is 22.1 Å². The standard InChI is InChI=1S/C4H2N4O2/c5-1-3-4(8(9)10)7-2-6-3/h2H,(H,6,7). The number of imidazole rings is 1. The third-order valence-corrected chi connectivity index (χ3v) is 0.904. The van der Waals surface area contributed by atoms with Gasteiger partial charge in [0.25, 0.3) is 0 Å². The van der Waals surface area contributed by atoms with Crippen molar-refractivity contribution in [2.24, 2.45) is 0 Å². The van der Waals surface area contributed by atoms with Crippen molar-refractivity contribution in [2.75, 3.05) is 0 Å². The third kappa shape index (κ3) is 0.798. The van der Waals surface area contributed by atoms with E-state index in [1.54, 1.807) is 6.07 Å². The number of nitrogens with zero attached hydrogens (tertiary/aromatic N) is 3. The van der Waals surface area contributed by atoms with Gasteiger partial charge in [0, 0.05) is 0 Å². The topological polar surface area (TPSA) is 95.6 Å². The molecule has 0 bridgehead atoms. The SMILES string of the molecule is N#Cc1[nH]cnc1[N+](=O)[O-]. The first-order chi connectivity index (χ1) is 4.75. The molecule has 1 N–H and O–H groups in total. The lowest BCUT2D eigenvalue weighted by Crippen LogP contribution is -1.90. The number of aromatic amines is 1. The molecule has 0 unspecified atom stereocenters. The minimum atomic E-state index is -0.713. The molecule has 50 valence electrons. The van der Waals surface area contributed by atoms with Gasteiger partial charge in [-0.25, -0.2) is 0 Å². The predicted molar refractivity (Wildman–Crippen MR) is 30.0 cm³/mol. The first-order valence-electron chi connectivity index (χ1n) is 2.33. The first kappa shape index (κ1) is 6.22. The first-order valence-corrected chi connectivity index (χ1v) is 2.33. The van der Waals surface area contributed by atoms with Gasteiger partial charge in [-0.3, -0.25) is 0 Å². The van der Waals surface area contributed by atoms with Crippen molar-refractivity contribution >= 4 is 5.82 Å². The van der Waals surface area contributed by atoms with E-state index in [1.807, 2.05) is 0 Å². The van der Waals surface area contributed by atoms with E-state index >= 15 is 0 Å². The summed E-state index contributed by atoms with van der Waals surface area (Å²) in [6.45, 7) is 0. The molecule has 0 atom stereocenters. The maximum absolute atomic E-state index is 10.0. The highest BCUT2D eigenvalue weighted by molar-refractivity contribution is 5.36. The highest BCUT2D eigenvalue weighted by Crippen LogP contribution is 2.09. The van der Waals surface area contributed by atoms with Gasteiger partial charge >= 0.3 is 5.82 Å². The highest BCUT2D eigenvalue weighted by atomic mass is 16.6. The molecule has 0 aromatic carbocycles. The molecule has 0 saturated heterocycles. The van der Waals surface area contributed by atoms with Crippen molar-refractivity contribution in [2.45, 2.75) is 0 Å². The van der Waals surface area contributed by atoms with E-state index in [4.69, 9.17) is 5.26 Å². The zero-order valence-corrected chi connectivity index (χ0v) is 4.74. The average molecular weight is 138 g/mol. The summed E-state index contributed by atoms with van der Waals surface area (Å²) in [7, 11) is 0. The molecule has 1 rings (SSSR count). The number of rotatable bonds is 1. The number of aromatic nitrogens is 2. The Labute approximate surface area is 55.3 Å². The predicted octanol–water partition coefficient (Wildman–Crippen LogP) is 0.190.